The zero-order valence-electron chi connectivity index (χ0n) is 7.54. The number of fused-ring (bicyclic) bond motifs is 1. The summed E-state index contributed by atoms with van der Waals surface area (Å²) in [5.41, 5.74) is -0.447. The summed E-state index contributed by atoms with van der Waals surface area (Å²) in [6, 6.07) is 7.72. The van der Waals surface area contributed by atoms with Crippen LogP contribution in [0.4, 0.5) is 4.39 Å². The third kappa shape index (κ3) is 1.56. The van der Waals surface area contributed by atoms with Crippen LogP contribution < -0.4 is 0 Å². The number of alkyl halides is 1. The molecule has 0 saturated heterocycles. The minimum absolute atomic E-state index is 0.550. The largest absolute Gasteiger partial charge is 0.238 e. The van der Waals surface area contributed by atoms with Gasteiger partial charge in [0, 0.05) is 0 Å². The summed E-state index contributed by atoms with van der Waals surface area (Å²) in [4.78, 5) is 4.23. The molecular formula is C10H10FNS. The van der Waals surface area contributed by atoms with Gasteiger partial charge in [-0.1, -0.05) is 12.1 Å². The molecule has 0 aliphatic carbocycles. The summed E-state index contributed by atoms with van der Waals surface area (Å²) in [5.74, 6) is 0. The van der Waals surface area contributed by atoms with E-state index in [4.69, 9.17) is 0 Å². The molecule has 0 spiro atoms. The molecule has 0 unspecified atom stereocenters. The van der Waals surface area contributed by atoms with Gasteiger partial charge in [0.25, 0.3) is 0 Å². The molecule has 0 N–H and O–H groups in total. The third-order valence-corrected chi connectivity index (χ3v) is 3.14. The number of halogens is 1. The van der Waals surface area contributed by atoms with Crippen molar-refractivity contribution in [3.63, 3.8) is 0 Å². The highest BCUT2D eigenvalue weighted by Gasteiger charge is 2.23. The van der Waals surface area contributed by atoms with Crippen molar-refractivity contribution in [1.29, 1.82) is 0 Å². The predicted molar refractivity (Wildman–Crippen MR) is 53.8 cm³/mol. The Morgan fingerprint density at radius 1 is 1.31 bits per heavy atom. The van der Waals surface area contributed by atoms with Gasteiger partial charge in [0.15, 0.2) is 5.67 Å². The zero-order valence-corrected chi connectivity index (χ0v) is 8.36. The number of rotatable bonds is 1. The topological polar surface area (TPSA) is 12.9 Å². The molecule has 0 aliphatic heterocycles. The first-order valence-electron chi connectivity index (χ1n) is 4.12. The van der Waals surface area contributed by atoms with Crippen LogP contribution in [0.25, 0.3) is 10.2 Å². The lowest BCUT2D eigenvalue weighted by molar-refractivity contribution is 0.221. The fourth-order valence-corrected chi connectivity index (χ4v) is 2.09. The summed E-state index contributed by atoms with van der Waals surface area (Å²) < 4.78 is 14.6. The smallest absolute Gasteiger partial charge is 0.156 e. The Bertz CT molecular complexity index is 395. The van der Waals surface area contributed by atoms with Gasteiger partial charge in [-0.25, -0.2) is 9.37 Å². The van der Waals surface area contributed by atoms with Gasteiger partial charge in [-0.2, -0.15) is 0 Å². The Kier molecular flexibility index (Phi) is 1.84. The molecule has 0 atom stereocenters. The van der Waals surface area contributed by atoms with Gasteiger partial charge in [-0.05, 0) is 26.0 Å². The minimum Gasteiger partial charge on any atom is -0.238 e. The molecule has 13 heavy (non-hydrogen) atoms. The normalized spacial score (nSPS) is 12.2. The highest BCUT2D eigenvalue weighted by Crippen LogP contribution is 2.31. The van der Waals surface area contributed by atoms with E-state index in [1.165, 1.54) is 25.2 Å². The number of nitrogens with zero attached hydrogens (tertiary/aromatic N) is 1. The summed E-state index contributed by atoms with van der Waals surface area (Å²) in [6.07, 6.45) is 0. The molecule has 0 bridgehead atoms. The van der Waals surface area contributed by atoms with Crippen molar-refractivity contribution < 1.29 is 4.39 Å². The fourth-order valence-electron chi connectivity index (χ4n) is 1.13. The van der Waals surface area contributed by atoms with Gasteiger partial charge < -0.3 is 0 Å². The van der Waals surface area contributed by atoms with Crippen LogP contribution in [-0.4, -0.2) is 4.98 Å². The van der Waals surface area contributed by atoms with Crippen molar-refractivity contribution in [3.8, 4) is 0 Å². The molecule has 0 saturated carbocycles. The number of benzene rings is 1. The van der Waals surface area contributed by atoms with Crippen molar-refractivity contribution in [3.05, 3.63) is 29.3 Å². The summed E-state index contributed by atoms with van der Waals surface area (Å²) in [7, 11) is 0. The first kappa shape index (κ1) is 8.63. The van der Waals surface area contributed by atoms with Gasteiger partial charge in [-0.3, -0.25) is 0 Å². The number of para-hydroxylation sites is 1. The molecule has 0 radical (unpaired) electrons. The van der Waals surface area contributed by atoms with E-state index in [0.29, 0.717) is 5.01 Å². The first-order chi connectivity index (χ1) is 6.07. The Balaban J connectivity index is 2.63. The SMILES string of the molecule is CC(C)(F)c1nc2ccccc2s1. The summed E-state index contributed by atoms with van der Waals surface area (Å²) in [5, 5.41) is 0.550. The lowest BCUT2D eigenvalue weighted by Crippen LogP contribution is -2.07. The van der Waals surface area contributed by atoms with Crippen LogP contribution in [0.1, 0.15) is 18.9 Å². The van der Waals surface area contributed by atoms with Gasteiger partial charge >= 0.3 is 0 Å². The van der Waals surface area contributed by atoms with E-state index >= 15 is 0 Å². The monoisotopic (exact) mass is 195 g/mol. The van der Waals surface area contributed by atoms with E-state index < -0.39 is 5.67 Å². The van der Waals surface area contributed by atoms with Crippen LogP contribution in [0.2, 0.25) is 0 Å². The van der Waals surface area contributed by atoms with Gasteiger partial charge in [0.2, 0.25) is 0 Å². The van der Waals surface area contributed by atoms with Crippen molar-refractivity contribution in [2.75, 3.05) is 0 Å². The Hall–Kier alpha value is -0.960. The standard InChI is InChI=1S/C10H10FNS/c1-10(2,11)9-12-7-5-3-4-6-8(7)13-9/h3-6H,1-2H3. The Morgan fingerprint density at radius 2 is 2.00 bits per heavy atom. The highest BCUT2D eigenvalue weighted by atomic mass is 32.1. The van der Waals surface area contributed by atoms with E-state index in [9.17, 15) is 4.39 Å². The molecular weight excluding hydrogens is 185 g/mol. The Morgan fingerprint density at radius 3 is 2.62 bits per heavy atom. The number of hydrogen-bond acceptors (Lipinski definition) is 2. The van der Waals surface area contributed by atoms with E-state index in [1.54, 1.807) is 0 Å². The summed E-state index contributed by atoms with van der Waals surface area (Å²) >= 11 is 1.42. The lowest BCUT2D eigenvalue weighted by atomic mass is 10.2. The molecule has 68 valence electrons. The lowest BCUT2D eigenvalue weighted by Gasteiger charge is -2.08. The van der Waals surface area contributed by atoms with E-state index in [2.05, 4.69) is 4.98 Å². The van der Waals surface area contributed by atoms with Gasteiger partial charge in [0.1, 0.15) is 5.01 Å². The second kappa shape index (κ2) is 2.77. The quantitative estimate of drug-likeness (QED) is 0.678. The average Bonchev–Trinajstić information content (AvgIpc) is 2.45. The number of thiazole rings is 1. The second-order valence-corrected chi connectivity index (χ2v) is 4.49. The molecule has 2 rings (SSSR count). The fraction of sp³-hybridized carbons (Fsp3) is 0.300. The van der Waals surface area contributed by atoms with E-state index in [1.807, 2.05) is 24.3 Å². The Labute approximate surface area is 80.2 Å². The summed E-state index contributed by atoms with van der Waals surface area (Å²) in [6.45, 7) is 3.06. The highest BCUT2D eigenvalue weighted by molar-refractivity contribution is 7.18. The van der Waals surface area contributed by atoms with Crippen LogP contribution in [0, 0.1) is 0 Å². The van der Waals surface area contributed by atoms with Crippen LogP contribution in [-0.2, 0) is 5.67 Å². The molecule has 0 aliphatic rings. The number of hydrogen-bond donors (Lipinski definition) is 0. The van der Waals surface area contributed by atoms with Crippen molar-refractivity contribution in [1.82, 2.24) is 4.98 Å². The minimum atomic E-state index is -1.33. The maximum absolute atomic E-state index is 13.5. The van der Waals surface area contributed by atoms with Crippen LogP contribution >= 0.6 is 11.3 Å². The van der Waals surface area contributed by atoms with Crippen molar-refractivity contribution in [2.45, 2.75) is 19.5 Å². The van der Waals surface area contributed by atoms with Crippen LogP contribution in [0.15, 0.2) is 24.3 Å². The molecule has 1 aromatic carbocycles. The zero-order chi connectivity index (χ0) is 9.47. The van der Waals surface area contributed by atoms with Gasteiger partial charge in [0.05, 0.1) is 10.2 Å². The van der Waals surface area contributed by atoms with Crippen molar-refractivity contribution in [2.24, 2.45) is 0 Å². The van der Waals surface area contributed by atoms with E-state index in [0.717, 1.165) is 10.2 Å². The molecule has 1 aromatic heterocycles. The second-order valence-electron chi connectivity index (χ2n) is 3.46. The first-order valence-corrected chi connectivity index (χ1v) is 4.94. The molecule has 1 heterocycles. The molecule has 2 aromatic rings. The van der Waals surface area contributed by atoms with Gasteiger partial charge in [-0.15, -0.1) is 11.3 Å². The molecule has 0 amide bonds. The van der Waals surface area contributed by atoms with Crippen molar-refractivity contribution >= 4 is 21.6 Å². The maximum atomic E-state index is 13.5. The third-order valence-electron chi connectivity index (χ3n) is 1.80. The molecule has 3 heteroatoms. The average molecular weight is 195 g/mol. The maximum Gasteiger partial charge on any atom is 0.156 e. The van der Waals surface area contributed by atoms with E-state index in [-0.39, 0.29) is 0 Å². The predicted octanol–water partition coefficient (Wildman–Crippen LogP) is 3.50. The molecule has 1 nitrogen and oxygen atoms in total. The number of aromatic nitrogens is 1. The molecule has 0 fully saturated rings. The van der Waals surface area contributed by atoms with Crippen LogP contribution in [0.3, 0.4) is 0 Å². The van der Waals surface area contributed by atoms with Crippen LogP contribution in [0.5, 0.6) is 0 Å².